The summed E-state index contributed by atoms with van der Waals surface area (Å²) in [5.41, 5.74) is 0. The van der Waals surface area contributed by atoms with Crippen LogP contribution in [0.2, 0.25) is 42.4 Å². The van der Waals surface area contributed by atoms with Crippen LogP contribution in [0, 0.1) is 0 Å². The number of unbranched alkanes of at least 4 members (excludes halogenated alkanes) is 9. The van der Waals surface area contributed by atoms with Crippen molar-refractivity contribution in [3.8, 4) is 0 Å². The Balaban J connectivity index is 7.80. The first-order valence-corrected chi connectivity index (χ1v) is 39.3. The van der Waals surface area contributed by atoms with Crippen LogP contribution in [0.4, 0.5) is 0 Å². The van der Waals surface area contributed by atoms with E-state index in [1.807, 2.05) is 0 Å². The van der Waals surface area contributed by atoms with E-state index < -0.39 is 50.8 Å². The summed E-state index contributed by atoms with van der Waals surface area (Å²) in [7, 11) is 0. The Hall–Kier alpha value is 2.10. The molecule has 0 amide bonds. The van der Waals surface area contributed by atoms with Crippen molar-refractivity contribution >= 4 is 50.8 Å². The van der Waals surface area contributed by atoms with Crippen LogP contribution in [0.5, 0.6) is 0 Å². The van der Waals surface area contributed by atoms with Crippen LogP contribution in [0.3, 0.4) is 0 Å². The molecular formula is C36H81GeNSn2. The van der Waals surface area contributed by atoms with E-state index in [0.717, 1.165) is 0 Å². The molecule has 0 spiro atoms. The minimum absolute atomic E-state index is 1.43. The van der Waals surface area contributed by atoms with Gasteiger partial charge in [-0.2, -0.15) is 0 Å². The predicted molar refractivity (Wildman–Crippen MR) is 197 cm³/mol. The topological polar surface area (TPSA) is 3.24 Å². The second kappa shape index (κ2) is 26.3. The van der Waals surface area contributed by atoms with Crippen LogP contribution in [0.15, 0.2) is 0 Å². The van der Waals surface area contributed by atoms with Gasteiger partial charge in [0.25, 0.3) is 0 Å². The molecule has 0 unspecified atom stereocenters. The molecule has 0 N–H and O–H groups in total. The second-order valence-corrected chi connectivity index (χ2v) is 57.3. The monoisotopic (exact) mass is 841 g/mol. The summed E-state index contributed by atoms with van der Waals surface area (Å²) < 4.78 is 14.6. The summed E-state index contributed by atoms with van der Waals surface area (Å²) in [6, 6.07) is 0. The molecule has 0 aliphatic carbocycles. The fourth-order valence-corrected chi connectivity index (χ4v) is 131. The van der Waals surface area contributed by atoms with Gasteiger partial charge in [0, 0.05) is 0 Å². The van der Waals surface area contributed by atoms with E-state index in [9.17, 15) is 0 Å². The summed E-state index contributed by atoms with van der Waals surface area (Å²) in [6.45, 7) is 22.6. The molecule has 0 rings (SSSR count). The van der Waals surface area contributed by atoms with Crippen LogP contribution in [0.25, 0.3) is 0 Å². The number of rotatable bonds is 30. The average molecular weight is 838 g/mol. The maximum absolute atomic E-state index is 4.13. The van der Waals surface area contributed by atoms with Crippen molar-refractivity contribution < 1.29 is 0 Å². The molecule has 0 heterocycles. The van der Waals surface area contributed by atoms with Gasteiger partial charge >= 0.3 is 271 Å². The van der Waals surface area contributed by atoms with Crippen LogP contribution < -0.4 is 0 Å². The van der Waals surface area contributed by atoms with Crippen molar-refractivity contribution in [1.29, 1.82) is 0 Å². The summed E-state index contributed by atoms with van der Waals surface area (Å²) >= 11 is -7.51. The standard InChI is InChI=1S/C12H27GeN.6C4H9.2Sn/c1-4-7-10-13(14,11-8-5-2)12-9-6-3;6*1-3-4-2;;/h4-12H2,1-3H3;6*1,3-4H2,2H3;;. The van der Waals surface area contributed by atoms with Gasteiger partial charge in [0.15, 0.2) is 0 Å². The summed E-state index contributed by atoms with van der Waals surface area (Å²) in [6.07, 6.45) is 26.9. The second-order valence-electron chi connectivity index (χ2n) is 13.9. The van der Waals surface area contributed by atoms with Crippen LogP contribution in [0.1, 0.15) is 178 Å². The van der Waals surface area contributed by atoms with E-state index in [4.69, 9.17) is 0 Å². The molecule has 0 saturated heterocycles. The Labute approximate surface area is 269 Å². The van der Waals surface area contributed by atoms with Gasteiger partial charge in [0.2, 0.25) is 0 Å². The molecule has 0 aromatic rings. The third-order valence-electron chi connectivity index (χ3n) is 10.4. The molecule has 0 saturated carbocycles. The Morgan fingerprint density at radius 2 is 0.525 bits per heavy atom. The Morgan fingerprint density at radius 3 is 0.700 bits per heavy atom. The minimum atomic E-state index is -2.62. The SMILES string of the molecule is CCC[CH2][Ge]([CH2]CCC)([CH2]CCC)[N]([Sn]([CH2]CCC)([CH2]CCC)[CH2]CCC)[Sn]([CH2]CCC)([CH2]CCC)[CH2]CCC. The molecular weight excluding hydrogens is 756 g/mol. The Morgan fingerprint density at radius 1 is 0.325 bits per heavy atom. The zero-order chi connectivity index (χ0) is 30.2. The van der Waals surface area contributed by atoms with Crippen LogP contribution in [-0.2, 0) is 0 Å². The van der Waals surface area contributed by atoms with E-state index in [-0.39, 0.29) is 0 Å². The van der Waals surface area contributed by atoms with E-state index in [2.05, 4.69) is 62.6 Å². The van der Waals surface area contributed by atoms with E-state index in [0.29, 0.717) is 0 Å². The van der Waals surface area contributed by atoms with Gasteiger partial charge in [0.05, 0.1) is 0 Å². The van der Waals surface area contributed by atoms with Gasteiger partial charge in [-0.05, 0) is 0 Å². The summed E-state index contributed by atoms with van der Waals surface area (Å²) in [5, 5.41) is 5.17. The molecule has 0 atom stereocenters. The predicted octanol–water partition coefficient (Wildman–Crippen LogP) is 14.3. The number of hydrogen-bond donors (Lipinski definition) is 0. The normalized spacial score (nSPS) is 13.1. The van der Waals surface area contributed by atoms with Gasteiger partial charge in [-0.3, -0.25) is 0 Å². The summed E-state index contributed by atoms with van der Waals surface area (Å²) in [5.74, 6) is 0. The molecule has 4 heteroatoms. The molecule has 0 aromatic heterocycles. The van der Waals surface area contributed by atoms with Crippen molar-refractivity contribution in [3.05, 3.63) is 0 Å². The Kier molecular flexibility index (Phi) is 27.7. The van der Waals surface area contributed by atoms with Crippen LogP contribution >= 0.6 is 0 Å². The first-order valence-electron chi connectivity index (χ1n) is 19.2. The van der Waals surface area contributed by atoms with Crippen LogP contribution in [-0.4, -0.2) is 51.1 Å². The molecule has 1 nitrogen and oxygen atoms in total. The Bertz CT molecular complexity index is 414. The van der Waals surface area contributed by atoms with E-state index >= 15 is 0 Å². The molecule has 0 aromatic carbocycles. The molecule has 0 radical (unpaired) electrons. The quantitative estimate of drug-likeness (QED) is 0.0652. The van der Waals surface area contributed by atoms with Crippen molar-refractivity contribution in [3.63, 3.8) is 0 Å². The molecule has 0 fully saturated rings. The first kappa shape index (κ1) is 42.1. The van der Waals surface area contributed by atoms with Crippen molar-refractivity contribution in [2.45, 2.75) is 220 Å². The van der Waals surface area contributed by atoms with Crippen molar-refractivity contribution in [1.82, 2.24) is 0.300 Å². The molecule has 0 aliphatic rings. The van der Waals surface area contributed by atoms with Gasteiger partial charge in [0.1, 0.15) is 0 Å². The molecule has 0 bridgehead atoms. The van der Waals surface area contributed by atoms with Gasteiger partial charge in [-0.15, -0.1) is 0 Å². The molecule has 242 valence electrons. The number of hydrogen-bond acceptors (Lipinski definition) is 1. The summed E-state index contributed by atoms with van der Waals surface area (Å²) in [4.78, 5) is 0. The molecule has 0 aliphatic heterocycles. The zero-order valence-corrected chi connectivity index (χ0v) is 37.8. The zero-order valence-electron chi connectivity index (χ0n) is 30.0. The van der Waals surface area contributed by atoms with Crippen molar-refractivity contribution in [2.24, 2.45) is 0 Å². The fourth-order valence-electron chi connectivity index (χ4n) is 8.19. The van der Waals surface area contributed by atoms with Crippen molar-refractivity contribution in [2.75, 3.05) is 0 Å². The average Bonchev–Trinajstić information content (AvgIpc) is 2.98. The maximum atomic E-state index is 4.13. The van der Waals surface area contributed by atoms with E-state index in [1.165, 1.54) is 57.8 Å². The third-order valence-corrected chi connectivity index (χ3v) is 93.5. The van der Waals surface area contributed by atoms with E-state index in [1.54, 1.807) is 100 Å². The van der Waals surface area contributed by atoms with Gasteiger partial charge in [-0.25, -0.2) is 0 Å². The molecule has 40 heavy (non-hydrogen) atoms. The third kappa shape index (κ3) is 14.5. The first-order chi connectivity index (χ1) is 19.4. The van der Waals surface area contributed by atoms with Gasteiger partial charge in [-0.1, -0.05) is 0 Å². The fraction of sp³-hybridized carbons (Fsp3) is 1.00. The van der Waals surface area contributed by atoms with Gasteiger partial charge < -0.3 is 0 Å². The number of nitrogens with zero attached hydrogens (tertiary/aromatic N) is 1.